The third-order valence-corrected chi connectivity index (χ3v) is 12.3. The summed E-state index contributed by atoms with van der Waals surface area (Å²) in [7, 11) is -2.18. The number of halogens is 1. The van der Waals surface area contributed by atoms with Crippen LogP contribution < -0.4 is 0 Å². The van der Waals surface area contributed by atoms with Crippen LogP contribution in [-0.4, -0.2) is 58.4 Å². The van der Waals surface area contributed by atoms with Gasteiger partial charge in [0.05, 0.1) is 5.69 Å². The van der Waals surface area contributed by atoms with E-state index in [4.69, 9.17) is 19.4 Å². The quantitative estimate of drug-likeness (QED) is 0.0809. The highest BCUT2D eigenvalue weighted by Gasteiger charge is 2.19. The number of hydrogen-bond donors (Lipinski definition) is 0. The van der Waals surface area contributed by atoms with E-state index >= 15 is 0 Å². The van der Waals surface area contributed by atoms with E-state index in [2.05, 4.69) is 105 Å². The molecule has 0 atom stereocenters. The molecule has 0 bridgehead atoms. The lowest BCUT2D eigenvalue weighted by atomic mass is 10.2. The van der Waals surface area contributed by atoms with E-state index in [1.807, 2.05) is 60.7 Å². The Kier molecular flexibility index (Phi) is 13.5. The smallest absolute Gasteiger partial charge is 0.143 e. The van der Waals surface area contributed by atoms with Crippen molar-refractivity contribution in [3.05, 3.63) is 121 Å². The minimum absolute atomic E-state index is 0.480. The largest absolute Gasteiger partial charge is 0.361 e. The van der Waals surface area contributed by atoms with Crippen molar-refractivity contribution in [2.24, 2.45) is 0 Å². The van der Waals surface area contributed by atoms with E-state index in [0.29, 0.717) is 13.5 Å². The summed E-state index contributed by atoms with van der Waals surface area (Å²) in [5.74, 6) is 1.83. The number of pyridine rings is 2. The van der Waals surface area contributed by atoms with Crippen LogP contribution in [0.25, 0.3) is 45.3 Å². The SMILES string of the molecule is C[Si](C)(C)CCOCn1c(-c2ccccc2)nc(-c2ccncc2)c1Br.C[Si](C)(C)CCOCn1cc(-c2ccncc2)nc1-c1ccccc1. The minimum Gasteiger partial charge on any atom is -0.361 e. The molecular weight excluding hydrogens is 733 g/mol. The zero-order valence-electron chi connectivity index (χ0n) is 30.6. The molecule has 4 heterocycles. The van der Waals surface area contributed by atoms with Crippen LogP contribution in [-0.2, 0) is 22.9 Å². The summed E-state index contributed by atoms with van der Waals surface area (Å²) in [5, 5.41) is 0. The van der Waals surface area contributed by atoms with Crippen molar-refractivity contribution in [1.82, 2.24) is 29.1 Å². The molecular formula is C40H49BrN6O2Si2. The van der Waals surface area contributed by atoms with Crippen LogP contribution in [0.5, 0.6) is 0 Å². The van der Waals surface area contributed by atoms with Gasteiger partial charge in [-0.2, -0.15) is 0 Å². The Balaban J connectivity index is 0.000000198. The summed E-state index contributed by atoms with van der Waals surface area (Å²) in [4.78, 5) is 17.9. The molecule has 11 heteroatoms. The third-order valence-electron chi connectivity index (χ3n) is 8.12. The fourth-order valence-corrected chi connectivity index (χ4v) is 7.22. The number of benzene rings is 2. The highest BCUT2D eigenvalue weighted by molar-refractivity contribution is 9.10. The van der Waals surface area contributed by atoms with Crippen LogP contribution in [0.15, 0.2) is 121 Å². The lowest BCUT2D eigenvalue weighted by Crippen LogP contribution is -2.22. The molecule has 0 aliphatic rings. The molecule has 0 saturated carbocycles. The second kappa shape index (κ2) is 18.0. The van der Waals surface area contributed by atoms with Gasteiger partial charge in [0, 0.05) is 82.6 Å². The van der Waals surface area contributed by atoms with Gasteiger partial charge >= 0.3 is 0 Å². The number of ether oxygens (including phenoxy) is 2. The van der Waals surface area contributed by atoms with E-state index in [0.717, 1.165) is 69.2 Å². The maximum Gasteiger partial charge on any atom is 0.143 e. The summed E-state index contributed by atoms with van der Waals surface area (Å²) in [6.07, 6.45) is 9.22. The van der Waals surface area contributed by atoms with Gasteiger partial charge in [0.25, 0.3) is 0 Å². The van der Waals surface area contributed by atoms with Gasteiger partial charge < -0.3 is 14.0 Å². The highest BCUT2D eigenvalue weighted by atomic mass is 79.9. The topological polar surface area (TPSA) is 79.9 Å². The monoisotopic (exact) mass is 780 g/mol. The van der Waals surface area contributed by atoms with Gasteiger partial charge in [-0.15, -0.1) is 0 Å². The van der Waals surface area contributed by atoms with Crippen LogP contribution in [0.2, 0.25) is 51.4 Å². The molecule has 6 aromatic rings. The molecule has 8 nitrogen and oxygen atoms in total. The van der Waals surface area contributed by atoms with E-state index < -0.39 is 16.1 Å². The summed E-state index contributed by atoms with van der Waals surface area (Å²) < 4.78 is 17.1. The third kappa shape index (κ3) is 11.5. The second-order valence-electron chi connectivity index (χ2n) is 14.8. The van der Waals surface area contributed by atoms with Crippen molar-refractivity contribution in [1.29, 1.82) is 0 Å². The molecule has 2 aromatic carbocycles. The Morgan fingerprint density at radius 2 is 1.06 bits per heavy atom. The number of aromatic nitrogens is 6. The van der Waals surface area contributed by atoms with Gasteiger partial charge in [0.2, 0.25) is 0 Å². The molecule has 0 spiro atoms. The van der Waals surface area contributed by atoms with E-state index in [9.17, 15) is 0 Å². The van der Waals surface area contributed by atoms with Crippen molar-refractivity contribution < 1.29 is 9.47 Å². The number of rotatable bonds is 14. The molecule has 51 heavy (non-hydrogen) atoms. The van der Waals surface area contributed by atoms with Gasteiger partial charge in [-0.3, -0.25) is 14.5 Å². The first-order valence-corrected chi connectivity index (χ1v) is 25.6. The van der Waals surface area contributed by atoms with Crippen molar-refractivity contribution in [3.8, 4) is 45.3 Å². The molecule has 0 amide bonds. The first-order valence-electron chi connectivity index (χ1n) is 17.4. The summed E-state index contributed by atoms with van der Waals surface area (Å²) in [6.45, 7) is 16.8. The fraction of sp³-hybridized carbons (Fsp3) is 0.300. The van der Waals surface area contributed by atoms with Crippen LogP contribution in [0, 0.1) is 0 Å². The van der Waals surface area contributed by atoms with Gasteiger partial charge in [-0.05, 0) is 52.3 Å². The van der Waals surface area contributed by atoms with E-state index in [-0.39, 0.29) is 0 Å². The lowest BCUT2D eigenvalue weighted by molar-refractivity contribution is 0.0869. The lowest BCUT2D eigenvalue weighted by Gasteiger charge is -2.16. The van der Waals surface area contributed by atoms with Gasteiger partial charge in [0.15, 0.2) is 0 Å². The Bertz CT molecular complexity index is 1920. The molecule has 0 fully saturated rings. The normalized spacial score (nSPS) is 11.7. The molecule has 6 rings (SSSR count). The molecule has 0 aliphatic carbocycles. The summed E-state index contributed by atoms with van der Waals surface area (Å²) >= 11 is 3.74. The summed E-state index contributed by atoms with van der Waals surface area (Å²) in [6, 6.07) is 30.7. The molecule has 0 N–H and O–H groups in total. The predicted molar refractivity (Wildman–Crippen MR) is 218 cm³/mol. The van der Waals surface area contributed by atoms with Crippen LogP contribution >= 0.6 is 15.9 Å². The number of imidazole rings is 2. The van der Waals surface area contributed by atoms with Gasteiger partial charge in [-0.1, -0.05) is 99.9 Å². The first kappa shape index (κ1) is 38.2. The zero-order chi connectivity index (χ0) is 36.3. The maximum atomic E-state index is 6.00. The van der Waals surface area contributed by atoms with Gasteiger partial charge in [0.1, 0.15) is 35.4 Å². The molecule has 0 unspecified atom stereocenters. The van der Waals surface area contributed by atoms with Crippen molar-refractivity contribution in [2.45, 2.75) is 64.8 Å². The van der Waals surface area contributed by atoms with Crippen LogP contribution in [0.4, 0.5) is 0 Å². The van der Waals surface area contributed by atoms with Crippen molar-refractivity contribution >= 4 is 32.1 Å². The van der Waals surface area contributed by atoms with E-state index in [1.54, 1.807) is 24.8 Å². The fourth-order valence-electron chi connectivity index (χ4n) is 5.12. The molecule has 0 aliphatic heterocycles. The standard InChI is InChI=1S/C20H24BrN3OSi.C20H25N3OSi/c1-26(2,3)14-13-25-15-24-19(21)18(16-9-11-22-12-10-16)23-20(24)17-7-5-4-6-8-17;1-25(2,3)14-13-24-16-23-15-19(17-9-11-21-12-10-17)22-20(23)18-7-5-4-6-8-18/h4-12H,13-15H2,1-3H3;4-12,15H,13-14,16H2,1-3H3. The Morgan fingerprint density at radius 1 is 0.569 bits per heavy atom. The first-order chi connectivity index (χ1) is 24.5. The summed E-state index contributed by atoms with van der Waals surface area (Å²) in [5.41, 5.74) is 6.10. The predicted octanol–water partition coefficient (Wildman–Crippen LogP) is 10.6. The van der Waals surface area contributed by atoms with Crippen LogP contribution in [0.1, 0.15) is 0 Å². The zero-order valence-corrected chi connectivity index (χ0v) is 34.2. The minimum atomic E-state index is -1.10. The maximum absolute atomic E-state index is 6.00. The van der Waals surface area contributed by atoms with Crippen molar-refractivity contribution in [3.63, 3.8) is 0 Å². The average Bonchev–Trinajstić information content (AvgIpc) is 3.71. The molecule has 0 radical (unpaired) electrons. The van der Waals surface area contributed by atoms with Crippen LogP contribution in [0.3, 0.4) is 0 Å². The molecule has 4 aromatic heterocycles. The Labute approximate surface area is 313 Å². The molecule has 266 valence electrons. The average molecular weight is 782 g/mol. The Morgan fingerprint density at radius 3 is 1.59 bits per heavy atom. The van der Waals surface area contributed by atoms with E-state index in [1.165, 1.54) is 6.04 Å². The van der Waals surface area contributed by atoms with Gasteiger partial charge in [-0.25, -0.2) is 9.97 Å². The Hall–Kier alpha value is -4.01. The highest BCUT2D eigenvalue weighted by Crippen LogP contribution is 2.33. The second-order valence-corrected chi connectivity index (χ2v) is 26.8. The molecule has 0 saturated heterocycles. The van der Waals surface area contributed by atoms with Crippen molar-refractivity contribution in [2.75, 3.05) is 13.2 Å². The number of hydrogen-bond acceptors (Lipinski definition) is 6. The number of nitrogens with zero attached hydrogens (tertiary/aromatic N) is 6.